The molecule has 0 unspecified atom stereocenters. The molecule has 0 bridgehead atoms. The molecule has 0 aromatic heterocycles. The summed E-state index contributed by atoms with van der Waals surface area (Å²) in [5, 5.41) is 2.75. The van der Waals surface area contributed by atoms with Crippen LogP contribution in [0.4, 0.5) is 4.39 Å². The first-order valence-corrected chi connectivity index (χ1v) is 5.82. The minimum atomic E-state index is -0.442. The van der Waals surface area contributed by atoms with E-state index in [0.717, 1.165) is 0 Å². The van der Waals surface area contributed by atoms with Crippen LogP contribution in [0.3, 0.4) is 0 Å². The lowest BCUT2D eigenvalue weighted by Crippen LogP contribution is -2.25. The molecule has 0 aliphatic heterocycles. The molecule has 0 aliphatic carbocycles. The molecule has 0 spiro atoms. The summed E-state index contributed by atoms with van der Waals surface area (Å²) in [6, 6.07) is 4.54. The summed E-state index contributed by atoms with van der Waals surface area (Å²) in [4.78, 5) is 11.4. The van der Waals surface area contributed by atoms with Gasteiger partial charge in [0.05, 0.1) is 7.11 Å². The highest BCUT2D eigenvalue weighted by atomic mass is 19.1. The van der Waals surface area contributed by atoms with Crippen LogP contribution in [0, 0.1) is 11.7 Å². The van der Waals surface area contributed by atoms with Crippen LogP contribution in [0.15, 0.2) is 24.3 Å². The first kappa shape index (κ1) is 14.2. The quantitative estimate of drug-likeness (QED) is 0.817. The predicted molar refractivity (Wildman–Crippen MR) is 69.8 cm³/mol. The number of benzene rings is 1. The fraction of sp³-hybridized carbons (Fsp3) is 0.357. The van der Waals surface area contributed by atoms with Gasteiger partial charge in [0.15, 0.2) is 11.6 Å². The minimum absolute atomic E-state index is 0.181. The van der Waals surface area contributed by atoms with Crippen LogP contribution >= 0.6 is 0 Å². The lowest BCUT2D eigenvalue weighted by molar-refractivity contribution is -0.116. The van der Waals surface area contributed by atoms with Crippen molar-refractivity contribution in [3.8, 4) is 5.75 Å². The van der Waals surface area contributed by atoms with Gasteiger partial charge < -0.3 is 10.1 Å². The molecule has 0 heterocycles. The van der Waals surface area contributed by atoms with Gasteiger partial charge in [-0.2, -0.15) is 0 Å². The van der Waals surface area contributed by atoms with E-state index >= 15 is 0 Å². The molecule has 1 N–H and O–H groups in total. The van der Waals surface area contributed by atoms with Gasteiger partial charge in [-0.05, 0) is 29.7 Å². The summed E-state index contributed by atoms with van der Waals surface area (Å²) in [5.41, 5.74) is 0.619. The maximum Gasteiger partial charge on any atom is 0.244 e. The van der Waals surface area contributed by atoms with Gasteiger partial charge in [0, 0.05) is 12.6 Å². The second-order valence-electron chi connectivity index (χ2n) is 4.37. The van der Waals surface area contributed by atoms with Crippen molar-refractivity contribution >= 4 is 12.0 Å². The van der Waals surface area contributed by atoms with Crippen LogP contribution in [0.1, 0.15) is 19.4 Å². The summed E-state index contributed by atoms with van der Waals surface area (Å²) < 4.78 is 18.2. The van der Waals surface area contributed by atoms with E-state index in [1.54, 1.807) is 12.1 Å². The van der Waals surface area contributed by atoms with Crippen LogP contribution < -0.4 is 10.1 Å². The molecule has 18 heavy (non-hydrogen) atoms. The van der Waals surface area contributed by atoms with E-state index < -0.39 is 5.82 Å². The van der Waals surface area contributed by atoms with Crippen molar-refractivity contribution in [3.05, 3.63) is 35.7 Å². The van der Waals surface area contributed by atoms with Crippen LogP contribution in [-0.2, 0) is 4.79 Å². The normalized spacial score (nSPS) is 10.9. The second-order valence-corrected chi connectivity index (χ2v) is 4.37. The Labute approximate surface area is 107 Å². The maximum atomic E-state index is 13.4. The van der Waals surface area contributed by atoms with Crippen molar-refractivity contribution in [2.75, 3.05) is 13.7 Å². The van der Waals surface area contributed by atoms with E-state index in [-0.39, 0.29) is 11.7 Å². The molecule has 3 nitrogen and oxygen atoms in total. The van der Waals surface area contributed by atoms with Crippen LogP contribution in [-0.4, -0.2) is 19.6 Å². The van der Waals surface area contributed by atoms with Gasteiger partial charge >= 0.3 is 0 Å². The third kappa shape index (κ3) is 4.57. The van der Waals surface area contributed by atoms with E-state index in [9.17, 15) is 9.18 Å². The number of carbonyl (C=O) groups excluding carboxylic acids is 1. The Balaban J connectivity index is 2.61. The Bertz CT molecular complexity index is 441. The van der Waals surface area contributed by atoms with Gasteiger partial charge in [-0.1, -0.05) is 19.9 Å². The molecule has 0 saturated heterocycles. The maximum absolute atomic E-state index is 13.4. The van der Waals surface area contributed by atoms with Crippen molar-refractivity contribution in [2.45, 2.75) is 13.8 Å². The molecule has 98 valence electrons. The highest BCUT2D eigenvalue weighted by Crippen LogP contribution is 2.18. The molecule has 0 aliphatic rings. The van der Waals surface area contributed by atoms with Crippen molar-refractivity contribution in [1.82, 2.24) is 5.32 Å². The number of hydrogen-bond donors (Lipinski definition) is 1. The van der Waals surface area contributed by atoms with Crippen LogP contribution in [0.2, 0.25) is 0 Å². The van der Waals surface area contributed by atoms with E-state index in [1.807, 2.05) is 13.8 Å². The van der Waals surface area contributed by atoms with Crippen molar-refractivity contribution in [2.24, 2.45) is 5.92 Å². The van der Waals surface area contributed by atoms with Crippen molar-refractivity contribution in [1.29, 1.82) is 0 Å². The zero-order valence-electron chi connectivity index (χ0n) is 10.9. The number of ether oxygens (including phenoxy) is 1. The smallest absolute Gasteiger partial charge is 0.244 e. The van der Waals surface area contributed by atoms with Gasteiger partial charge in [0.1, 0.15) is 0 Å². The molecule has 0 saturated carbocycles. The Morgan fingerprint density at radius 2 is 2.22 bits per heavy atom. The van der Waals surface area contributed by atoms with Gasteiger partial charge in [-0.15, -0.1) is 0 Å². The Hall–Kier alpha value is -1.84. The van der Waals surface area contributed by atoms with Crippen molar-refractivity contribution in [3.63, 3.8) is 0 Å². The van der Waals surface area contributed by atoms with Gasteiger partial charge in [-0.25, -0.2) is 4.39 Å². The predicted octanol–water partition coefficient (Wildman–Crippen LogP) is 2.62. The zero-order chi connectivity index (χ0) is 13.5. The first-order valence-electron chi connectivity index (χ1n) is 5.82. The molecule has 4 heteroatoms. The summed E-state index contributed by atoms with van der Waals surface area (Å²) in [6.45, 7) is 4.66. The standard InChI is InChI=1S/C14H18FNO2/c1-10(2)9-16-14(17)7-5-11-4-6-13(18-3)12(15)8-11/h4-8,10H,9H2,1-3H3,(H,16,17). The largest absolute Gasteiger partial charge is 0.494 e. The van der Waals surface area contributed by atoms with E-state index in [1.165, 1.54) is 25.3 Å². The summed E-state index contributed by atoms with van der Waals surface area (Å²) in [6.07, 6.45) is 2.96. The van der Waals surface area contributed by atoms with Crippen LogP contribution in [0.5, 0.6) is 5.75 Å². The fourth-order valence-electron chi connectivity index (χ4n) is 1.32. The number of nitrogens with one attached hydrogen (secondary N) is 1. The van der Waals surface area contributed by atoms with Gasteiger partial charge in [-0.3, -0.25) is 4.79 Å². The number of rotatable bonds is 5. The molecular formula is C14H18FNO2. The number of methoxy groups -OCH3 is 1. The fourth-order valence-corrected chi connectivity index (χ4v) is 1.32. The second kappa shape index (κ2) is 6.79. The molecule has 1 aromatic carbocycles. The van der Waals surface area contributed by atoms with E-state index in [2.05, 4.69) is 5.32 Å². The molecule has 1 aromatic rings. The first-order chi connectivity index (χ1) is 8.52. The third-order valence-electron chi connectivity index (χ3n) is 2.29. The number of halogens is 1. The number of hydrogen-bond acceptors (Lipinski definition) is 2. The van der Waals surface area contributed by atoms with E-state index in [0.29, 0.717) is 18.0 Å². The SMILES string of the molecule is COc1ccc(C=CC(=O)NCC(C)C)cc1F. The highest BCUT2D eigenvalue weighted by Gasteiger charge is 2.02. The van der Waals surface area contributed by atoms with Gasteiger partial charge in [0.2, 0.25) is 5.91 Å². The average Bonchev–Trinajstić information content (AvgIpc) is 2.34. The highest BCUT2D eigenvalue weighted by molar-refractivity contribution is 5.91. The Morgan fingerprint density at radius 1 is 1.50 bits per heavy atom. The van der Waals surface area contributed by atoms with E-state index in [4.69, 9.17) is 4.74 Å². The topological polar surface area (TPSA) is 38.3 Å². The zero-order valence-corrected chi connectivity index (χ0v) is 10.9. The lowest BCUT2D eigenvalue weighted by atomic mass is 10.2. The third-order valence-corrected chi connectivity index (χ3v) is 2.29. The van der Waals surface area contributed by atoms with Gasteiger partial charge in [0.25, 0.3) is 0 Å². The Kier molecular flexibility index (Phi) is 5.36. The summed E-state index contributed by atoms with van der Waals surface area (Å²) in [5.74, 6) is -0.0284. The lowest BCUT2D eigenvalue weighted by Gasteiger charge is -2.04. The summed E-state index contributed by atoms with van der Waals surface area (Å²) in [7, 11) is 1.41. The minimum Gasteiger partial charge on any atom is -0.494 e. The number of amides is 1. The molecule has 0 atom stereocenters. The van der Waals surface area contributed by atoms with Crippen molar-refractivity contribution < 1.29 is 13.9 Å². The molecule has 0 radical (unpaired) electrons. The number of carbonyl (C=O) groups is 1. The average molecular weight is 251 g/mol. The van der Waals surface area contributed by atoms with Crippen LogP contribution in [0.25, 0.3) is 6.08 Å². The molecule has 1 amide bonds. The molecular weight excluding hydrogens is 233 g/mol. The Morgan fingerprint density at radius 3 is 2.78 bits per heavy atom. The molecule has 0 fully saturated rings. The molecule has 1 rings (SSSR count). The monoisotopic (exact) mass is 251 g/mol. The summed E-state index contributed by atoms with van der Waals surface area (Å²) >= 11 is 0.